The molecule has 0 spiro atoms. The van der Waals surface area contributed by atoms with Crippen LogP contribution in [0, 0.1) is 5.92 Å². The summed E-state index contributed by atoms with van der Waals surface area (Å²) in [5.74, 6) is 0.845. The van der Waals surface area contributed by atoms with Gasteiger partial charge in [0.25, 0.3) is 0 Å². The van der Waals surface area contributed by atoms with Crippen LogP contribution in [-0.2, 0) is 0 Å². The van der Waals surface area contributed by atoms with Crippen molar-refractivity contribution >= 4 is 0 Å². The van der Waals surface area contributed by atoms with Crippen LogP contribution in [0.4, 0.5) is 0 Å². The highest BCUT2D eigenvalue weighted by Gasteiger charge is 2.36. The Labute approximate surface area is 121 Å². The van der Waals surface area contributed by atoms with Crippen molar-refractivity contribution in [1.82, 2.24) is 10.2 Å². The first-order valence-corrected chi connectivity index (χ1v) is 8.45. The lowest BCUT2D eigenvalue weighted by Crippen LogP contribution is -2.64. The van der Waals surface area contributed by atoms with Crippen molar-refractivity contribution in [1.29, 1.82) is 0 Å². The third-order valence-electron chi connectivity index (χ3n) is 5.15. The molecule has 0 amide bonds. The van der Waals surface area contributed by atoms with E-state index in [0.29, 0.717) is 11.6 Å². The van der Waals surface area contributed by atoms with Gasteiger partial charge in [-0.25, -0.2) is 0 Å². The summed E-state index contributed by atoms with van der Waals surface area (Å²) in [6, 6.07) is 1.41. The Morgan fingerprint density at radius 3 is 2.32 bits per heavy atom. The molecule has 2 unspecified atom stereocenters. The fourth-order valence-corrected chi connectivity index (χ4v) is 3.34. The molecule has 1 N–H and O–H groups in total. The van der Waals surface area contributed by atoms with Crippen LogP contribution in [0.25, 0.3) is 0 Å². The molecule has 1 aliphatic rings. The maximum atomic E-state index is 3.80. The molecule has 114 valence electrons. The average Bonchev–Trinajstić information content (AvgIpc) is 2.39. The van der Waals surface area contributed by atoms with Gasteiger partial charge in [0.05, 0.1) is 0 Å². The predicted octanol–water partition coefficient (Wildman–Crippen LogP) is 4.05. The van der Waals surface area contributed by atoms with Crippen molar-refractivity contribution in [2.75, 3.05) is 13.1 Å². The number of hydrogen-bond donors (Lipinski definition) is 1. The molecule has 0 saturated carbocycles. The topological polar surface area (TPSA) is 15.3 Å². The molecule has 1 fully saturated rings. The quantitative estimate of drug-likeness (QED) is 0.749. The summed E-state index contributed by atoms with van der Waals surface area (Å²) in [7, 11) is 0. The average molecular weight is 268 g/mol. The van der Waals surface area contributed by atoms with E-state index < -0.39 is 0 Å². The minimum absolute atomic E-state index is 0.360. The van der Waals surface area contributed by atoms with Crippen LogP contribution >= 0.6 is 0 Å². The van der Waals surface area contributed by atoms with Gasteiger partial charge in [0, 0.05) is 30.7 Å². The number of nitrogens with zero attached hydrogens (tertiary/aromatic N) is 1. The van der Waals surface area contributed by atoms with Gasteiger partial charge in [-0.3, -0.25) is 4.90 Å². The Morgan fingerprint density at radius 1 is 1.16 bits per heavy atom. The fourth-order valence-electron chi connectivity index (χ4n) is 3.34. The lowest BCUT2D eigenvalue weighted by atomic mass is 9.87. The molecule has 0 aromatic rings. The summed E-state index contributed by atoms with van der Waals surface area (Å²) >= 11 is 0. The first kappa shape index (κ1) is 17.0. The van der Waals surface area contributed by atoms with Crippen molar-refractivity contribution in [3.05, 3.63) is 0 Å². The molecule has 2 nitrogen and oxygen atoms in total. The third-order valence-corrected chi connectivity index (χ3v) is 5.15. The summed E-state index contributed by atoms with van der Waals surface area (Å²) in [6.07, 6.45) is 6.58. The second kappa shape index (κ2) is 7.64. The Bertz CT molecular complexity index is 246. The van der Waals surface area contributed by atoms with Gasteiger partial charge < -0.3 is 5.32 Å². The molecule has 2 atom stereocenters. The number of nitrogens with one attached hydrogen (secondary N) is 1. The summed E-state index contributed by atoms with van der Waals surface area (Å²) in [5.41, 5.74) is 0.360. The molecule has 2 heteroatoms. The van der Waals surface area contributed by atoms with Crippen LogP contribution in [0.1, 0.15) is 73.6 Å². The molecular formula is C17H36N2. The highest BCUT2D eigenvalue weighted by molar-refractivity contribution is 4.96. The Hall–Kier alpha value is -0.0800. The van der Waals surface area contributed by atoms with Crippen LogP contribution in [0.5, 0.6) is 0 Å². The molecule has 1 saturated heterocycles. The van der Waals surface area contributed by atoms with Crippen LogP contribution in [-0.4, -0.2) is 35.6 Å². The van der Waals surface area contributed by atoms with Crippen molar-refractivity contribution in [3.8, 4) is 0 Å². The molecule has 0 aromatic heterocycles. The standard InChI is InChI=1S/C17H36N2/c1-7-17(8-2)13-19(16(6)12-18-17)15(5)11-9-10-14(3)4/h14-16,18H,7-13H2,1-6H3. The van der Waals surface area contributed by atoms with E-state index in [-0.39, 0.29) is 0 Å². The lowest BCUT2D eigenvalue weighted by Gasteiger charge is -2.49. The van der Waals surface area contributed by atoms with Gasteiger partial charge in [0.2, 0.25) is 0 Å². The summed E-state index contributed by atoms with van der Waals surface area (Å²) in [5, 5.41) is 3.80. The Morgan fingerprint density at radius 2 is 1.79 bits per heavy atom. The lowest BCUT2D eigenvalue weighted by molar-refractivity contribution is 0.0460. The maximum absolute atomic E-state index is 3.80. The van der Waals surface area contributed by atoms with E-state index in [1.54, 1.807) is 0 Å². The molecule has 0 radical (unpaired) electrons. The van der Waals surface area contributed by atoms with Crippen LogP contribution in [0.15, 0.2) is 0 Å². The summed E-state index contributed by atoms with van der Waals surface area (Å²) in [6.45, 7) is 16.5. The molecule has 19 heavy (non-hydrogen) atoms. The monoisotopic (exact) mass is 268 g/mol. The largest absolute Gasteiger partial charge is 0.308 e. The molecule has 1 aliphatic heterocycles. The second-order valence-electron chi connectivity index (χ2n) is 7.06. The maximum Gasteiger partial charge on any atom is 0.0304 e. The molecule has 1 rings (SSSR count). The minimum Gasteiger partial charge on any atom is -0.308 e. The molecular weight excluding hydrogens is 232 g/mol. The zero-order chi connectivity index (χ0) is 14.5. The van der Waals surface area contributed by atoms with E-state index in [1.165, 1.54) is 38.6 Å². The minimum atomic E-state index is 0.360. The Balaban J connectivity index is 2.53. The SMILES string of the molecule is CCC1(CC)CN(C(C)CCCC(C)C)C(C)CN1. The van der Waals surface area contributed by atoms with Crippen molar-refractivity contribution < 1.29 is 0 Å². The van der Waals surface area contributed by atoms with E-state index in [9.17, 15) is 0 Å². The Kier molecular flexibility index (Phi) is 6.82. The van der Waals surface area contributed by atoms with E-state index in [1.807, 2.05) is 0 Å². The van der Waals surface area contributed by atoms with Crippen LogP contribution in [0.2, 0.25) is 0 Å². The third kappa shape index (κ3) is 4.75. The number of hydrogen-bond acceptors (Lipinski definition) is 2. The van der Waals surface area contributed by atoms with Gasteiger partial charge in [-0.1, -0.05) is 40.5 Å². The normalized spacial score (nSPS) is 25.7. The van der Waals surface area contributed by atoms with Crippen molar-refractivity contribution in [3.63, 3.8) is 0 Å². The highest BCUT2D eigenvalue weighted by Crippen LogP contribution is 2.25. The van der Waals surface area contributed by atoms with Gasteiger partial charge in [0.15, 0.2) is 0 Å². The first-order valence-electron chi connectivity index (χ1n) is 8.45. The van der Waals surface area contributed by atoms with Gasteiger partial charge >= 0.3 is 0 Å². The van der Waals surface area contributed by atoms with Crippen molar-refractivity contribution in [2.24, 2.45) is 5.92 Å². The number of rotatable bonds is 7. The molecule has 0 bridgehead atoms. The van der Waals surface area contributed by atoms with Gasteiger partial charge in [-0.2, -0.15) is 0 Å². The van der Waals surface area contributed by atoms with Gasteiger partial charge in [-0.05, 0) is 39.0 Å². The molecule has 1 heterocycles. The van der Waals surface area contributed by atoms with E-state index in [0.717, 1.165) is 18.5 Å². The van der Waals surface area contributed by atoms with E-state index in [4.69, 9.17) is 0 Å². The smallest absolute Gasteiger partial charge is 0.0304 e. The predicted molar refractivity (Wildman–Crippen MR) is 85.6 cm³/mol. The van der Waals surface area contributed by atoms with E-state index >= 15 is 0 Å². The zero-order valence-electron chi connectivity index (χ0n) is 14.1. The second-order valence-corrected chi connectivity index (χ2v) is 7.06. The van der Waals surface area contributed by atoms with E-state index in [2.05, 4.69) is 51.8 Å². The van der Waals surface area contributed by atoms with Crippen LogP contribution in [0.3, 0.4) is 0 Å². The summed E-state index contributed by atoms with van der Waals surface area (Å²) < 4.78 is 0. The number of piperazine rings is 1. The van der Waals surface area contributed by atoms with Crippen LogP contribution < -0.4 is 5.32 Å². The molecule has 0 aromatic carbocycles. The van der Waals surface area contributed by atoms with Gasteiger partial charge in [0.1, 0.15) is 0 Å². The van der Waals surface area contributed by atoms with Gasteiger partial charge in [-0.15, -0.1) is 0 Å². The molecule has 0 aliphatic carbocycles. The first-order chi connectivity index (χ1) is 8.94. The highest BCUT2D eigenvalue weighted by atomic mass is 15.3. The van der Waals surface area contributed by atoms with Crippen molar-refractivity contribution in [2.45, 2.75) is 91.3 Å². The fraction of sp³-hybridized carbons (Fsp3) is 1.00. The zero-order valence-corrected chi connectivity index (χ0v) is 14.1. The summed E-state index contributed by atoms with van der Waals surface area (Å²) in [4.78, 5) is 2.75.